The van der Waals surface area contributed by atoms with Gasteiger partial charge in [0, 0.05) is 19.6 Å². The highest BCUT2D eigenvalue weighted by Gasteiger charge is 2.43. The third-order valence-electron chi connectivity index (χ3n) is 3.78. The molecule has 2 fully saturated rings. The second kappa shape index (κ2) is 5.60. The van der Waals surface area contributed by atoms with E-state index in [0.29, 0.717) is 0 Å². The standard InChI is InChI=1S/C11H22N2O4/c14-7-8-10(16)11(17)9(15)6-13(8)12-4-2-1-3-5-12/h8-11,14-17H,1-7H2. The maximum absolute atomic E-state index is 9.87. The van der Waals surface area contributed by atoms with Crippen molar-refractivity contribution >= 4 is 0 Å². The topological polar surface area (TPSA) is 87.4 Å². The van der Waals surface area contributed by atoms with E-state index in [4.69, 9.17) is 0 Å². The number of aliphatic hydroxyl groups is 4. The molecule has 0 saturated carbocycles. The normalized spacial score (nSPS) is 41.6. The SMILES string of the molecule is OCC1C(O)C(O)C(O)CN1N1CCCCC1. The van der Waals surface area contributed by atoms with Crippen LogP contribution < -0.4 is 0 Å². The largest absolute Gasteiger partial charge is 0.395 e. The van der Waals surface area contributed by atoms with Crippen LogP contribution in [0.4, 0.5) is 0 Å². The summed E-state index contributed by atoms with van der Waals surface area (Å²) in [6.45, 7) is 1.81. The fourth-order valence-electron chi connectivity index (χ4n) is 2.73. The molecule has 4 N–H and O–H groups in total. The van der Waals surface area contributed by atoms with E-state index in [-0.39, 0.29) is 13.2 Å². The number of nitrogens with zero attached hydrogens (tertiary/aromatic N) is 2. The van der Waals surface area contributed by atoms with Gasteiger partial charge in [0.25, 0.3) is 0 Å². The number of aliphatic hydroxyl groups excluding tert-OH is 4. The van der Waals surface area contributed by atoms with Gasteiger partial charge in [-0.3, -0.25) is 0 Å². The van der Waals surface area contributed by atoms with Crippen LogP contribution in [0.1, 0.15) is 19.3 Å². The summed E-state index contributed by atoms with van der Waals surface area (Å²) >= 11 is 0. The van der Waals surface area contributed by atoms with Crippen LogP contribution in [0.15, 0.2) is 0 Å². The average Bonchev–Trinajstić information content (AvgIpc) is 2.36. The van der Waals surface area contributed by atoms with Gasteiger partial charge >= 0.3 is 0 Å². The van der Waals surface area contributed by atoms with Gasteiger partial charge in [-0.2, -0.15) is 0 Å². The third-order valence-corrected chi connectivity index (χ3v) is 3.78. The molecule has 0 aromatic rings. The van der Waals surface area contributed by atoms with Gasteiger partial charge in [-0.05, 0) is 12.8 Å². The molecule has 0 spiro atoms. The molecular weight excluding hydrogens is 224 g/mol. The zero-order valence-corrected chi connectivity index (χ0v) is 9.94. The highest BCUT2D eigenvalue weighted by molar-refractivity contribution is 4.93. The molecule has 4 atom stereocenters. The van der Waals surface area contributed by atoms with Gasteiger partial charge < -0.3 is 20.4 Å². The van der Waals surface area contributed by atoms with Gasteiger partial charge in [0.2, 0.25) is 0 Å². The lowest BCUT2D eigenvalue weighted by atomic mass is 9.95. The number of rotatable bonds is 2. The minimum absolute atomic E-state index is 0.221. The van der Waals surface area contributed by atoms with Crippen LogP contribution in [0.2, 0.25) is 0 Å². The third kappa shape index (κ3) is 2.62. The van der Waals surface area contributed by atoms with Crippen LogP contribution in [-0.4, -0.2) is 81.0 Å². The quantitative estimate of drug-likeness (QED) is 0.457. The van der Waals surface area contributed by atoms with Crippen LogP contribution in [0.25, 0.3) is 0 Å². The summed E-state index contributed by atoms with van der Waals surface area (Å²) in [6.07, 6.45) is 0.128. The fraction of sp³-hybridized carbons (Fsp3) is 1.00. The summed E-state index contributed by atoms with van der Waals surface area (Å²) in [7, 11) is 0. The van der Waals surface area contributed by atoms with Crippen molar-refractivity contribution in [3.8, 4) is 0 Å². The number of hydrazine groups is 1. The molecule has 6 nitrogen and oxygen atoms in total. The first-order chi connectivity index (χ1) is 8.15. The molecule has 0 aliphatic carbocycles. The Morgan fingerprint density at radius 1 is 0.941 bits per heavy atom. The molecule has 0 radical (unpaired) electrons. The van der Waals surface area contributed by atoms with Gasteiger partial charge in [-0.1, -0.05) is 6.42 Å². The summed E-state index contributed by atoms with van der Waals surface area (Å²) in [5, 5.41) is 42.4. The summed E-state index contributed by atoms with van der Waals surface area (Å²) in [5.41, 5.74) is 0. The minimum atomic E-state index is -1.17. The van der Waals surface area contributed by atoms with E-state index in [9.17, 15) is 20.4 Å². The predicted octanol–water partition coefficient (Wildman–Crippen LogP) is -1.85. The number of hydrogen-bond donors (Lipinski definition) is 4. The molecule has 2 aliphatic rings. The van der Waals surface area contributed by atoms with Crippen LogP contribution in [0, 0.1) is 0 Å². The second-order valence-corrected chi connectivity index (χ2v) is 4.93. The van der Waals surface area contributed by atoms with Crippen LogP contribution in [-0.2, 0) is 0 Å². The van der Waals surface area contributed by atoms with Crippen molar-refractivity contribution in [3.05, 3.63) is 0 Å². The number of β-amino-alcohol motifs (C(OH)–C–C–N with tert-alkyl or cyclic N) is 1. The van der Waals surface area contributed by atoms with Crippen molar-refractivity contribution in [2.24, 2.45) is 0 Å². The average molecular weight is 246 g/mol. The molecular formula is C11H22N2O4. The molecule has 2 rings (SSSR count). The zero-order valence-electron chi connectivity index (χ0n) is 9.94. The Hall–Kier alpha value is -0.240. The molecule has 0 bridgehead atoms. The van der Waals surface area contributed by atoms with Gasteiger partial charge in [-0.25, -0.2) is 10.0 Å². The van der Waals surface area contributed by atoms with Crippen LogP contribution in [0.5, 0.6) is 0 Å². The van der Waals surface area contributed by atoms with Crippen molar-refractivity contribution in [2.45, 2.75) is 43.6 Å². The van der Waals surface area contributed by atoms with E-state index in [1.54, 1.807) is 0 Å². The molecule has 2 heterocycles. The van der Waals surface area contributed by atoms with E-state index in [1.165, 1.54) is 6.42 Å². The first-order valence-corrected chi connectivity index (χ1v) is 6.31. The van der Waals surface area contributed by atoms with Crippen molar-refractivity contribution in [2.75, 3.05) is 26.2 Å². The zero-order chi connectivity index (χ0) is 12.4. The first-order valence-electron chi connectivity index (χ1n) is 6.31. The van der Waals surface area contributed by atoms with Crippen molar-refractivity contribution < 1.29 is 20.4 Å². The first kappa shape index (κ1) is 13.2. The van der Waals surface area contributed by atoms with Crippen molar-refractivity contribution in [1.82, 2.24) is 10.0 Å². The molecule has 0 aromatic carbocycles. The summed E-state index contributed by atoms with van der Waals surface area (Å²) in [5.74, 6) is 0. The van der Waals surface area contributed by atoms with E-state index in [1.807, 2.05) is 5.01 Å². The van der Waals surface area contributed by atoms with Crippen molar-refractivity contribution in [1.29, 1.82) is 0 Å². The smallest absolute Gasteiger partial charge is 0.109 e. The molecule has 0 amide bonds. The van der Waals surface area contributed by atoms with E-state index >= 15 is 0 Å². The van der Waals surface area contributed by atoms with Gasteiger partial charge in [0.15, 0.2) is 0 Å². The molecule has 17 heavy (non-hydrogen) atoms. The lowest BCUT2D eigenvalue weighted by Crippen LogP contribution is -2.67. The fourth-order valence-corrected chi connectivity index (χ4v) is 2.73. The molecule has 2 aliphatic heterocycles. The minimum Gasteiger partial charge on any atom is -0.395 e. The Bertz CT molecular complexity index is 248. The lowest BCUT2D eigenvalue weighted by Gasteiger charge is -2.48. The summed E-state index contributed by atoms with van der Waals surface area (Å²) in [4.78, 5) is 0. The lowest BCUT2D eigenvalue weighted by molar-refractivity contribution is -0.207. The molecule has 4 unspecified atom stereocenters. The van der Waals surface area contributed by atoms with Crippen LogP contribution in [0.3, 0.4) is 0 Å². The maximum Gasteiger partial charge on any atom is 0.109 e. The second-order valence-electron chi connectivity index (χ2n) is 4.93. The Labute approximate surface area is 101 Å². The Kier molecular flexibility index (Phi) is 4.35. The van der Waals surface area contributed by atoms with Crippen molar-refractivity contribution in [3.63, 3.8) is 0 Å². The van der Waals surface area contributed by atoms with Gasteiger partial charge in [0.05, 0.1) is 18.8 Å². The Morgan fingerprint density at radius 2 is 1.59 bits per heavy atom. The molecule has 100 valence electrons. The number of hydrogen-bond acceptors (Lipinski definition) is 6. The molecule has 6 heteroatoms. The predicted molar refractivity (Wildman–Crippen MR) is 61.0 cm³/mol. The van der Waals surface area contributed by atoms with E-state index in [0.717, 1.165) is 25.9 Å². The van der Waals surface area contributed by atoms with Gasteiger partial charge in [-0.15, -0.1) is 0 Å². The van der Waals surface area contributed by atoms with Crippen LogP contribution >= 0.6 is 0 Å². The van der Waals surface area contributed by atoms with E-state index < -0.39 is 24.4 Å². The number of piperidine rings is 2. The Balaban J connectivity index is 2.07. The van der Waals surface area contributed by atoms with Gasteiger partial charge in [0.1, 0.15) is 12.2 Å². The summed E-state index contributed by atoms with van der Waals surface area (Å²) in [6, 6.07) is -0.522. The highest BCUT2D eigenvalue weighted by atomic mass is 16.4. The van der Waals surface area contributed by atoms with E-state index in [2.05, 4.69) is 5.01 Å². The maximum atomic E-state index is 9.87. The molecule has 2 saturated heterocycles. The Morgan fingerprint density at radius 3 is 2.18 bits per heavy atom. The molecule has 0 aromatic heterocycles. The highest BCUT2D eigenvalue weighted by Crippen LogP contribution is 2.23. The summed E-state index contributed by atoms with van der Waals surface area (Å²) < 4.78 is 0. The monoisotopic (exact) mass is 246 g/mol.